The molecule has 2 N–H and O–H groups in total. The Bertz CT molecular complexity index is 559. The molecule has 5 nitrogen and oxygen atoms in total. The lowest BCUT2D eigenvalue weighted by molar-refractivity contribution is 0.259. The largest absolute Gasteiger partial charge is 0.338 e. The van der Waals surface area contributed by atoms with Crippen molar-refractivity contribution in [1.29, 1.82) is 0 Å². The summed E-state index contributed by atoms with van der Waals surface area (Å²) in [6, 6.07) is 7.76. The molecule has 0 fully saturated rings. The monoisotopic (exact) mass is 294 g/mol. The second-order valence-corrected chi connectivity index (χ2v) is 5.97. The molecule has 0 saturated heterocycles. The van der Waals surface area contributed by atoms with Crippen molar-refractivity contribution in [3.63, 3.8) is 0 Å². The Balaban J connectivity index is 1.96. The summed E-state index contributed by atoms with van der Waals surface area (Å²) in [5, 5.41) is 4.64. The summed E-state index contributed by atoms with van der Waals surface area (Å²) in [7, 11) is 1.99. The van der Waals surface area contributed by atoms with Crippen LogP contribution in [0.4, 0.5) is 0 Å². The Hall–Kier alpha value is -1.43. The summed E-state index contributed by atoms with van der Waals surface area (Å²) in [6.45, 7) is 5.05. The van der Waals surface area contributed by atoms with E-state index in [1.165, 1.54) is 5.56 Å². The first kappa shape index (κ1) is 15.0. The number of nitrogens with zero attached hydrogens (tertiary/aromatic N) is 3. The molecule has 0 unspecified atom stereocenters. The molecule has 2 aromatic rings. The first-order valence-electron chi connectivity index (χ1n) is 6.39. The number of nitrogens with two attached hydrogens (primary N) is 1. The Morgan fingerprint density at radius 2 is 1.90 bits per heavy atom. The van der Waals surface area contributed by atoms with Crippen LogP contribution in [0, 0.1) is 0 Å². The Kier molecular flexibility index (Phi) is 4.42. The van der Waals surface area contributed by atoms with E-state index >= 15 is 0 Å². The van der Waals surface area contributed by atoms with E-state index in [0.29, 0.717) is 18.3 Å². The third-order valence-corrected chi connectivity index (χ3v) is 3.07. The summed E-state index contributed by atoms with van der Waals surface area (Å²) >= 11 is 5.86. The van der Waals surface area contributed by atoms with E-state index < -0.39 is 5.54 Å². The fraction of sp³-hybridized carbons (Fsp3) is 0.429. The number of halogens is 1. The standard InChI is InChI=1S/C14H19ClN4O/c1-14(2,16)13-17-12(20-18-13)9-19(3)8-10-4-6-11(15)7-5-10/h4-7H,8-9,16H2,1-3H3. The van der Waals surface area contributed by atoms with E-state index in [2.05, 4.69) is 15.0 Å². The fourth-order valence-electron chi connectivity index (χ4n) is 1.77. The highest BCUT2D eigenvalue weighted by Gasteiger charge is 2.21. The normalized spacial score (nSPS) is 12.1. The van der Waals surface area contributed by atoms with Crippen LogP contribution in [0.25, 0.3) is 0 Å². The van der Waals surface area contributed by atoms with Gasteiger partial charge in [-0.15, -0.1) is 0 Å². The molecule has 0 aliphatic rings. The van der Waals surface area contributed by atoms with Crippen LogP contribution >= 0.6 is 11.6 Å². The SMILES string of the molecule is CN(Cc1ccc(Cl)cc1)Cc1nc(C(C)(C)N)no1. The maximum Gasteiger partial charge on any atom is 0.240 e. The van der Waals surface area contributed by atoms with E-state index in [-0.39, 0.29) is 0 Å². The second-order valence-electron chi connectivity index (χ2n) is 5.53. The molecule has 2 rings (SSSR count). The Labute approximate surface area is 123 Å². The number of rotatable bonds is 5. The molecule has 1 heterocycles. The van der Waals surface area contributed by atoms with Gasteiger partial charge < -0.3 is 10.3 Å². The average Bonchev–Trinajstić information content (AvgIpc) is 2.80. The lowest BCUT2D eigenvalue weighted by atomic mass is 10.1. The summed E-state index contributed by atoms with van der Waals surface area (Å²) in [4.78, 5) is 6.40. The molecular formula is C14H19ClN4O. The molecule has 6 heteroatoms. The van der Waals surface area contributed by atoms with Gasteiger partial charge in [0.1, 0.15) is 0 Å². The van der Waals surface area contributed by atoms with Crippen LogP contribution in [0.15, 0.2) is 28.8 Å². The van der Waals surface area contributed by atoms with Gasteiger partial charge >= 0.3 is 0 Å². The van der Waals surface area contributed by atoms with Crippen molar-refractivity contribution in [2.45, 2.75) is 32.5 Å². The fourth-order valence-corrected chi connectivity index (χ4v) is 1.90. The predicted molar refractivity (Wildman–Crippen MR) is 78.1 cm³/mol. The molecule has 0 aliphatic heterocycles. The molecular weight excluding hydrogens is 276 g/mol. The Morgan fingerprint density at radius 1 is 1.25 bits per heavy atom. The van der Waals surface area contributed by atoms with Gasteiger partial charge in [0.25, 0.3) is 0 Å². The zero-order chi connectivity index (χ0) is 14.8. The molecule has 108 valence electrons. The lowest BCUT2D eigenvalue weighted by Gasteiger charge is -2.14. The summed E-state index contributed by atoms with van der Waals surface area (Å²) in [5.41, 5.74) is 6.52. The molecule has 1 aromatic heterocycles. The van der Waals surface area contributed by atoms with Gasteiger partial charge in [0.15, 0.2) is 5.82 Å². The lowest BCUT2D eigenvalue weighted by Crippen LogP contribution is -2.30. The molecule has 0 amide bonds. The van der Waals surface area contributed by atoms with E-state index in [1.807, 2.05) is 45.2 Å². The van der Waals surface area contributed by atoms with Crippen molar-refractivity contribution in [3.8, 4) is 0 Å². The van der Waals surface area contributed by atoms with E-state index in [4.69, 9.17) is 21.9 Å². The zero-order valence-electron chi connectivity index (χ0n) is 11.9. The minimum Gasteiger partial charge on any atom is -0.338 e. The van der Waals surface area contributed by atoms with E-state index in [0.717, 1.165) is 11.6 Å². The molecule has 0 saturated carbocycles. The molecule has 0 radical (unpaired) electrons. The third kappa shape index (κ3) is 4.03. The zero-order valence-corrected chi connectivity index (χ0v) is 12.7. The van der Waals surface area contributed by atoms with Gasteiger partial charge in [0, 0.05) is 11.6 Å². The average molecular weight is 295 g/mol. The second kappa shape index (κ2) is 5.91. The van der Waals surface area contributed by atoms with Gasteiger partial charge in [-0.1, -0.05) is 28.9 Å². The molecule has 1 aromatic carbocycles. The first-order chi connectivity index (χ1) is 9.34. The van der Waals surface area contributed by atoms with Crippen LogP contribution in [0.1, 0.15) is 31.1 Å². The highest BCUT2D eigenvalue weighted by atomic mass is 35.5. The van der Waals surface area contributed by atoms with Crippen molar-refractivity contribution in [2.24, 2.45) is 5.73 Å². The summed E-state index contributed by atoms with van der Waals surface area (Å²) < 4.78 is 5.21. The molecule has 0 atom stereocenters. The number of benzene rings is 1. The maximum atomic E-state index is 5.93. The minimum atomic E-state index is -0.587. The van der Waals surface area contributed by atoms with Crippen molar-refractivity contribution < 1.29 is 4.52 Å². The number of aromatic nitrogens is 2. The van der Waals surface area contributed by atoms with Gasteiger partial charge in [-0.25, -0.2) is 0 Å². The van der Waals surface area contributed by atoms with Gasteiger partial charge in [0.05, 0.1) is 12.1 Å². The van der Waals surface area contributed by atoms with Crippen LogP contribution < -0.4 is 5.73 Å². The number of hydrogen-bond donors (Lipinski definition) is 1. The van der Waals surface area contributed by atoms with Crippen molar-refractivity contribution in [2.75, 3.05) is 7.05 Å². The number of hydrogen-bond acceptors (Lipinski definition) is 5. The summed E-state index contributed by atoms with van der Waals surface area (Å²) in [5.74, 6) is 1.09. The highest BCUT2D eigenvalue weighted by Crippen LogP contribution is 2.15. The molecule has 0 spiro atoms. The highest BCUT2D eigenvalue weighted by molar-refractivity contribution is 6.30. The van der Waals surface area contributed by atoms with Crippen LogP contribution in [0.3, 0.4) is 0 Å². The van der Waals surface area contributed by atoms with Crippen molar-refractivity contribution in [1.82, 2.24) is 15.0 Å². The topological polar surface area (TPSA) is 68.2 Å². The van der Waals surface area contributed by atoms with E-state index in [9.17, 15) is 0 Å². The van der Waals surface area contributed by atoms with Gasteiger partial charge in [0.2, 0.25) is 5.89 Å². The Morgan fingerprint density at radius 3 is 2.45 bits per heavy atom. The predicted octanol–water partition coefficient (Wildman–Crippen LogP) is 2.55. The van der Waals surface area contributed by atoms with Crippen molar-refractivity contribution >= 4 is 11.6 Å². The third-order valence-electron chi connectivity index (χ3n) is 2.82. The summed E-state index contributed by atoms with van der Waals surface area (Å²) in [6.07, 6.45) is 0. The smallest absolute Gasteiger partial charge is 0.240 e. The van der Waals surface area contributed by atoms with Crippen LogP contribution in [-0.2, 0) is 18.6 Å². The quantitative estimate of drug-likeness (QED) is 0.918. The maximum absolute atomic E-state index is 5.93. The minimum absolute atomic E-state index is 0.521. The first-order valence-corrected chi connectivity index (χ1v) is 6.77. The van der Waals surface area contributed by atoms with Crippen molar-refractivity contribution in [3.05, 3.63) is 46.6 Å². The molecule has 0 aliphatic carbocycles. The van der Waals surface area contributed by atoms with Crippen LogP contribution in [0.2, 0.25) is 5.02 Å². The molecule has 0 bridgehead atoms. The van der Waals surface area contributed by atoms with Crippen LogP contribution in [-0.4, -0.2) is 22.1 Å². The van der Waals surface area contributed by atoms with E-state index in [1.54, 1.807) is 0 Å². The van der Waals surface area contributed by atoms with Crippen LogP contribution in [0.5, 0.6) is 0 Å². The molecule has 20 heavy (non-hydrogen) atoms. The van der Waals surface area contributed by atoms with Gasteiger partial charge in [-0.2, -0.15) is 4.98 Å². The van der Waals surface area contributed by atoms with Gasteiger partial charge in [-0.3, -0.25) is 4.90 Å². The van der Waals surface area contributed by atoms with Gasteiger partial charge in [-0.05, 0) is 38.6 Å².